The molecule has 3 aromatic rings. The number of halogens is 7. The van der Waals surface area contributed by atoms with Crippen molar-refractivity contribution in [2.75, 3.05) is 6.61 Å². The highest BCUT2D eigenvalue weighted by Crippen LogP contribution is 2.80. The molecule has 3 saturated carbocycles. The first-order valence-electron chi connectivity index (χ1n) is 10.9. The summed E-state index contributed by atoms with van der Waals surface area (Å²) in [5.74, 6) is -6.32. The van der Waals surface area contributed by atoms with Crippen molar-refractivity contribution in [3.05, 3.63) is 71.6 Å². The molecule has 1 N–H and O–H groups in total. The third-order valence-corrected chi connectivity index (χ3v) is 7.20. The van der Waals surface area contributed by atoms with Gasteiger partial charge in [-0.2, -0.15) is 18.0 Å². The highest BCUT2D eigenvalue weighted by atomic mass is 19.4. The zero-order chi connectivity index (χ0) is 26.0. The number of benzene rings is 2. The van der Waals surface area contributed by atoms with Gasteiger partial charge < -0.3 is 9.84 Å². The summed E-state index contributed by atoms with van der Waals surface area (Å²) in [7, 11) is 0. The number of rotatable bonds is 8. The Morgan fingerprint density at radius 1 is 1.00 bits per heavy atom. The van der Waals surface area contributed by atoms with Crippen molar-refractivity contribution < 1.29 is 40.6 Å². The van der Waals surface area contributed by atoms with Gasteiger partial charge in [0.15, 0.2) is 18.5 Å². The molecule has 0 saturated heterocycles. The molecule has 192 valence electrons. The molecule has 2 bridgehead atoms. The Bertz CT molecular complexity index is 1260. The van der Waals surface area contributed by atoms with Crippen molar-refractivity contribution in [1.29, 1.82) is 0 Å². The number of ether oxygens (including phenoxy) is 1. The van der Waals surface area contributed by atoms with Gasteiger partial charge >= 0.3 is 6.18 Å². The summed E-state index contributed by atoms with van der Waals surface area (Å²) in [4.78, 5) is 0.694. The fraction of sp³-hybridized carbons (Fsp3) is 0.435. The molecule has 36 heavy (non-hydrogen) atoms. The van der Waals surface area contributed by atoms with E-state index in [0.717, 1.165) is 18.5 Å². The minimum atomic E-state index is -4.53. The molecule has 3 aliphatic rings. The van der Waals surface area contributed by atoms with Crippen LogP contribution < -0.4 is 4.74 Å². The maximum Gasteiger partial charge on any atom is 0.422 e. The fourth-order valence-electron chi connectivity index (χ4n) is 5.59. The number of nitrogens with zero attached hydrogens (tertiary/aromatic N) is 4. The van der Waals surface area contributed by atoms with E-state index in [4.69, 9.17) is 4.74 Å². The van der Waals surface area contributed by atoms with E-state index in [1.54, 1.807) is 6.07 Å². The van der Waals surface area contributed by atoms with Crippen molar-refractivity contribution in [1.82, 2.24) is 20.2 Å². The van der Waals surface area contributed by atoms with Gasteiger partial charge in [-0.05, 0) is 59.7 Å². The van der Waals surface area contributed by atoms with Crippen molar-refractivity contribution in [3.63, 3.8) is 0 Å². The van der Waals surface area contributed by atoms with Gasteiger partial charge in [0.05, 0.1) is 0 Å². The molecular formula is C23H19F7N4O2. The van der Waals surface area contributed by atoms with Gasteiger partial charge in [0.25, 0.3) is 5.92 Å². The van der Waals surface area contributed by atoms with E-state index >= 15 is 8.78 Å². The van der Waals surface area contributed by atoms with Gasteiger partial charge in [-0.3, -0.25) is 0 Å². The van der Waals surface area contributed by atoms with Crippen LogP contribution in [0.2, 0.25) is 0 Å². The summed E-state index contributed by atoms with van der Waals surface area (Å²) in [6.45, 7) is -2.43. The number of aliphatic hydroxyl groups is 1. The molecule has 6 nitrogen and oxygen atoms in total. The minimum absolute atomic E-state index is 0.0440. The Hall–Kier alpha value is -3.22. The molecule has 2 aromatic carbocycles. The maximum atomic E-state index is 16.2. The van der Waals surface area contributed by atoms with Crippen molar-refractivity contribution in [3.8, 4) is 5.75 Å². The summed E-state index contributed by atoms with van der Waals surface area (Å²) in [6.07, 6.45) is -3.89. The Labute approximate surface area is 199 Å². The molecular weight excluding hydrogens is 497 g/mol. The van der Waals surface area contributed by atoms with Gasteiger partial charge in [0.1, 0.15) is 23.9 Å². The number of hydrogen-bond acceptors (Lipinski definition) is 5. The largest absolute Gasteiger partial charge is 0.484 e. The molecule has 0 aliphatic heterocycles. The predicted octanol–water partition coefficient (Wildman–Crippen LogP) is 4.54. The lowest BCUT2D eigenvalue weighted by atomic mass is 9.30. The standard InChI is InChI=1S/C23H19F7N4O2/c24-15-4-5-17(18(25)7-15)21(35,11-34-32-13-31-33-34)23(29,30)20-8-19(9-20,10-20)14-2-1-3-16(6-14)36-12-22(26,27)28/h1-7,13,35H,8-12H2. The average Bonchev–Trinajstić information content (AvgIpc) is 3.22. The van der Waals surface area contributed by atoms with Crippen molar-refractivity contribution >= 4 is 0 Å². The molecule has 6 rings (SSSR count). The van der Waals surface area contributed by atoms with Gasteiger partial charge in [-0.1, -0.05) is 12.1 Å². The van der Waals surface area contributed by atoms with Crippen molar-refractivity contribution in [2.45, 2.75) is 48.9 Å². The molecule has 1 heterocycles. The first-order valence-corrected chi connectivity index (χ1v) is 10.9. The lowest BCUT2D eigenvalue weighted by molar-refractivity contribution is -0.348. The first kappa shape index (κ1) is 24.5. The summed E-state index contributed by atoms with van der Waals surface area (Å²) >= 11 is 0. The third-order valence-electron chi connectivity index (χ3n) is 7.20. The first-order chi connectivity index (χ1) is 16.8. The second kappa shape index (κ2) is 7.89. The van der Waals surface area contributed by atoms with E-state index in [1.165, 1.54) is 18.2 Å². The zero-order valence-corrected chi connectivity index (χ0v) is 18.4. The minimum Gasteiger partial charge on any atom is -0.484 e. The lowest BCUT2D eigenvalue weighted by Crippen LogP contribution is -2.76. The van der Waals surface area contributed by atoms with Gasteiger partial charge in [-0.25, -0.2) is 17.6 Å². The fourth-order valence-corrected chi connectivity index (χ4v) is 5.59. The summed E-state index contributed by atoms with van der Waals surface area (Å²) in [5.41, 5.74) is -5.89. The van der Waals surface area contributed by atoms with Crippen LogP contribution in [0.4, 0.5) is 30.7 Å². The van der Waals surface area contributed by atoms with E-state index in [0.29, 0.717) is 16.4 Å². The van der Waals surface area contributed by atoms with Crippen LogP contribution in [0.1, 0.15) is 30.4 Å². The molecule has 3 fully saturated rings. The Kier molecular flexibility index (Phi) is 5.36. The number of alkyl halides is 5. The molecule has 13 heteroatoms. The molecule has 1 atom stereocenters. The van der Waals surface area contributed by atoms with E-state index in [-0.39, 0.29) is 25.0 Å². The van der Waals surface area contributed by atoms with Crippen LogP contribution in [0, 0.1) is 17.0 Å². The highest BCUT2D eigenvalue weighted by Gasteiger charge is 2.82. The zero-order valence-electron chi connectivity index (χ0n) is 18.4. The molecule has 0 amide bonds. The van der Waals surface area contributed by atoms with E-state index in [2.05, 4.69) is 15.4 Å². The van der Waals surface area contributed by atoms with Crippen LogP contribution >= 0.6 is 0 Å². The summed E-state index contributed by atoms with van der Waals surface area (Å²) in [5, 5.41) is 21.9. The Morgan fingerprint density at radius 3 is 2.33 bits per heavy atom. The average molecular weight is 516 g/mol. The summed E-state index contributed by atoms with van der Waals surface area (Å²) in [6, 6.07) is 7.76. The molecule has 3 aliphatic carbocycles. The SMILES string of the molecule is OC(Cn1ncnn1)(c1ccc(F)cc1F)C(F)(F)C12CC(c3cccc(OCC(F)(F)F)c3)(C1)C2. The van der Waals surface area contributed by atoms with E-state index in [9.17, 15) is 27.1 Å². The van der Waals surface area contributed by atoms with E-state index in [1.807, 2.05) is 0 Å². The number of tetrazole rings is 1. The van der Waals surface area contributed by atoms with E-state index < -0.39 is 58.9 Å². The lowest BCUT2D eigenvalue weighted by Gasteiger charge is -2.74. The van der Waals surface area contributed by atoms with Crippen LogP contribution in [-0.4, -0.2) is 44.0 Å². The van der Waals surface area contributed by atoms with Gasteiger partial charge in [-0.15, -0.1) is 10.2 Å². The normalized spacial score (nSPS) is 25.0. The second-order valence-corrected chi connectivity index (χ2v) is 9.55. The molecule has 0 spiro atoms. The van der Waals surface area contributed by atoms with Crippen molar-refractivity contribution in [2.24, 2.45) is 5.41 Å². The topological polar surface area (TPSA) is 73.1 Å². The Morgan fingerprint density at radius 2 is 1.72 bits per heavy atom. The van der Waals surface area contributed by atoms with Crippen LogP contribution in [0.15, 0.2) is 48.8 Å². The van der Waals surface area contributed by atoms with Gasteiger partial charge in [0.2, 0.25) is 0 Å². The highest BCUT2D eigenvalue weighted by molar-refractivity contribution is 5.45. The Balaban J connectivity index is 1.43. The predicted molar refractivity (Wildman–Crippen MR) is 109 cm³/mol. The number of aromatic nitrogens is 4. The quantitative estimate of drug-likeness (QED) is 0.446. The molecule has 0 radical (unpaired) electrons. The van der Waals surface area contributed by atoms with Crippen LogP contribution in [0.5, 0.6) is 5.75 Å². The van der Waals surface area contributed by atoms with Crippen LogP contribution in [0.3, 0.4) is 0 Å². The smallest absolute Gasteiger partial charge is 0.422 e. The third kappa shape index (κ3) is 3.71. The molecule has 1 unspecified atom stereocenters. The van der Waals surface area contributed by atoms with Crippen LogP contribution in [-0.2, 0) is 17.6 Å². The summed E-state index contributed by atoms with van der Waals surface area (Å²) < 4.78 is 103. The maximum absolute atomic E-state index is 16.2. The number of hydrogen-bond donors (Lipinski definition) is 1. The van der Waals surface area contributed by atoms with Gasteiger partial charge in [0, 0.05) is 17.0 Å². The van der Waals surface area contributed by atoms with Crippen LogP contribution in [0.25, 0.3) is 0 Å². The monoisotopic (exact) mass is 516 g/mol. The molecule has 1 aromatic heterocycles. The second-order valence-electron chi connectivity index (χ2n) is 9.55.